The molecule has 6 nitrogen and oxygen atoms in total. The van der Waals surface area contributed by atoms with E-state index >= 15 is 0 Å². The standard InChI is InChI=1S/C16H23NO5S2/c1-11-8-14(22-2)6-7-16(11)24(20,21)17-12-4-5-13(17)10-15(9-12)23(3,18)19/h6-8,12-13,15H,4-5,9-10H2,1-3H3. The smallest absolute Gasteiger partial charge is 0.243 e. The van der Waals surface area contributed by atoms with Crippen molar-refractivity contribution in [3.05, 3.63) is 23.8 Å². The van der Waals surface area contributed by atoms with Gasteiger partial charge in [0.2, 0.25) is 10.0 Å². The highest BCUT2D eigenvalue weighted by Gasteiger charge is 2.49. The number of nitrogens with zero attached hydrogens (tertiary/aromatic N) is 1. The molecule has 0 N–H and O–H groups in total. The van der Waals surface area contributed by atoms with Crippen LogP contribution in [0, 0.1) is 6.92 Å². The number of rotatable bonds is 4. The number of sulfone groups is 1. The largest absolute Gasteiger partial charge is 0.497 e. The minimum atomic E-state index is -3.64. The minimum Gasteiger partial charge on any atom is -0.497 e. The molecule has 3 rings (SSSR count). The molecule has 0 spiro atoms. The monoisotopic (exact) mass is 373 g/mol. The first-order valence-corrected chi connectivity index (χ1v) is 11.4. The molecule has 1 aromatic carbocycles. The third-order valence-electron chi connectivity index (χ3n) is 5.17. The highest BCUT2D eigenvalue weighted by Crippen LogP contribution is 2.42. The molecule has 0 aliphatic carbocycles. The molecule has 0 aromatic heterocycles. The predicted octanol–water partition coefficient (Wildman–Crippen LogP) is 1.73. The molecular formula is C16H23NO5S2. The van der Waals surface area contributed by atoms with Gasteiger partial charge in [-0.05, 0) is 56.4 Å². The Kier molecular flexibility index (Phi) is 4.42. The van der Waals surface area contributed by atoms with Crippen LogP contribution in [0.25, 0.3) is 0 Å². The Balaban J connectivity index is 1.95. The van der Waals surface area contributed by atoms with Gasteiger partial charge in [-0.2, -0.15) is 4.31 Å². The molecule has 2 aliphatic rings. The molecule has 2 bridgehead atoms. The van der Waals surface area contributed by atoms with Gasteiger partial charge in [-0.1, -0.05) is 0 Å². The van der Waals surface area contributed by atoms with Gasteiger partial charge >= 0.3 is 0 Å². The van der Waals surface area contributed by atoms with Gasteiger partial charge in [0.1, 0.15) is 15.6 Å². The van der Waals surface area contributed by atoms with E-state index in [9.17, 15) is 16.8 Å². The summed E-state index contributed by atoms with van der Waals surface area (Å²) in [5.41, 5.74) is 0.638. The second-order valence-corrected chi connectivity index (χ2v) is 10.9. The lowest BCUT2D eigenvalue weighted by atomic mass is 10.1. The first-order chi connectivity index (χ1) is 11.1. The van der Waals surface area contributed by atoms with E-state index < -0.39 is 25.1 Å². The van der Waals surface area contributed by atoms with E-state index in [0.29, 0.717) is 24.2 Å². The molecule has 2 fully saturated rings. The van der Waals surface area contributed by atoms with Crippen molar-refractivity contribution in [3.63, 3.8) is 0 Å². The van der Waals surface area contributed by atoms with Crippen LogP contribution in [-0.2, 0) is 19.9 Å². The maximum absolute atomic E-state index is 13.2. The van der Waals surface area contributed by atoms with Crippen LogP contribution in [0.2, 0.25) is 0 Å². The molecule has 0 saturated carbocycles. The minimum absolute atomic E-state index is 0.227. The zero-order valence-electron chi connectivity index (χ0n) is 14.1. The van der Waals surface area contributed by atoms with Crippen LogP contribution in [-0.4, -0.2) is 51.8 Å². The van der Waals surface area contributed by atoms with Crippen LogP contribution < -0.4 is 4.74 Å². The Morgan fingerprint density at radius 2 is 1.67 bits per heavy atom. The SMILES string of the molecule is COc1ccc(S(=O)(=O)N2C3CCC2CC(S(C)(=O)=O)C3)c(C)c1. The maximum Gasteiger partial charge on any atom is 0.243 e. The fourth-order valence-corrected chi connectivity index (χ4v) is 7.22. The van der Waals surface area contributed by atoms with E-state index in [0.717, 1.165) is 12.8 Å². The number of ether oxygens (including phenoxy) is 1. The summed E-state index contributed by atoms with van der Waals surface area (Å²) in [7, 11) is -5.24. The average molecular weight is 373 g/mol. The van der Waals surface area contributed by atoms with Crippen molar-refractivity contribution in [2.45, 2.75) is 54.8 Å². The molecule has 0 radical (unpaired) electrons. The van der Waals surface area contributed by atoms with Gasteiger partial charge in [-0.25, -0.2) is 16.8 Å². The molecule has 2 unspecified atom stereocenters. The van der Waals surface area contributed by atoms with Crippen molar-refractivity contribution in [2.24, 2.45) is 0 Å². The second-order valence-electron chi connectivity index (χ2n) is 6.77. The predicted molar refractivity (Wildman–Crippen MR) is 91.4 cm³/mol. The Bertz CT molecular complexity index is 833. The number of benzene rings is 1. The lowest BCUT2D eigenvalue weighted by molar-refractivity contribution is 0.249. The highest BCUT2D eigenvalue weighted by atomic mass is 32.2. The number of fused-ring (bicyclic) bond motifs is 2. The fourth-order valence-electron chi connectivity index (χ4n) is 3.98. The first kappa shape index (κ1) is 17.7. The molecule has 8 heteroatoms. The van der Waals surface area contributed by atoms with Crippen molar-refractivity contribution in [3.8, 4) is 5.75 Å². The number of hydrogen-bond acceptors (Lipinski definition) is 5. The molecule has 134 valence electrons. The van der Waals surface area contributed by atoms with Crippen molar-refractivity contribution >= 4 is 19.9 Å². The summed E-state index contributed by atoms with van der Waals surface area (Å²) in [6.07, 6.45) is 3.48. The Labute approximate surface area is 143 Å². The second kappa shape index (κ2) is 6.00. The molecule has 24 heavy (non-hydrogen) atoms. The lowest BCUT2D eigenvalue weighted by Crippen LogP contribution is -2.49. The molecule has 2 aliphatic heterocycles. The summed E-state index contributed by atoms with van der Waals surface area (Å²) >= 11 is 0. The molecular weight excluding hydrogens is 350 g/mol. The molecule has 1 aromatic rings. The van der Waals surface area contributed by atoms with E-state index in [-0.39, 0.29) is 17.0 Å². The summed E-state index contributed by atoms with van der Waals surface area (Å²) in [6, 6.07) is 4.47. The number of sulfonamides is 1. The Hall–Kier alpha value is -1.12. The Morgan fingerprint density at radius 3 is 2.12 bits per heavy atom. The van der Waals surface area contributed by atoms with Crippen LogP contribution in [0.15, 0.2) is 23.1 Å². The zero-order chi connectivity index (χ0) is 17.7. The number of methoxy groups -OCH3 is 1. The van der Waals surface area contributed by atoms with Crippen LogP contribution in [0.5, 0.6) is 5.75 Å². The topological polar surface area (TPSA) is 80.8 Å². The fraction of sp³-hybridized carbons (Fsp3) is 0.625. The van der Waals surface area contributed by atoms with Gasteiger partial charge in [0.15, 0.2) is 0 Å². The normalized spacial score (nSPS) is 28.0. The number of piperidine rings is 1. The van der Waals surface area contributed by atoms with E-state index in [1.807, 2.05) is 0 Å². The van der Waals surface area contributed by atoms with Crippen molar-refractivity contribution in [2.75, 3.05) is 13.4 Å². The third kappa shape index (κ3) is 2.95. The van der Waals surface area contributed by atoms with Gasteiger partial charge in [0, 0.05) is 18.3 Å². The van der Waals surface area contributed by atoms with Crippen LogP contribution in [0.4, 0.5) is 0 Å². The van der Waals surface area contributed by atoms with Gasteiger partial charge in [0.05, 0.1) is 17.3 Å². The first-order valence-electron chi connectivity index (χ1n) is 8.01. The quantitative estimate of drug-likeness (QED) is 0.803. The van der Waals surface area contributed by atoms with Gasteiger partial charge in [0.25, 0.3) is 0 Å². The Morgan fingerprint density at radius 1 is 1.08 bits per heavy atom. The van der Waals surface area contributed by atoms with Gasteiger partial charge in [-0.15, -0.1) is 0 Å². The summed E-state index contributed by atoms with van der Waals surface area (Å²) in [5, 5.41) is -0.432. The van der Waals surface area contributed by atoms with Crippen LogP contribution in [0.3, 0.4) is 0 Å². The van der Waals surface area contributed by atoms with Gasteiger partial charge in [-0.3, -0.25) is 0 Å². The molecule has 0 amide bonds. The van der Waals surface area contributed by atoms with Crippen molar-refractivity contribution in [1.82, 2.24) is 4.31 Å². The van der Waals surface area contributed by atoms with E-state index in [1.165, 1.54) is 6.26 Å². The lowest BCUT2D eigenvalue weighted by Gasteiger charge is -2.37. The van der Waals surface area contributed by atoms with Crippen molar-refractivity contribution < 1.29 is 21.6 Å². The van der Waals surface area contributed by atoms with Gasteiger partial charge < -0.3 is 4.74 Å². The van der Waals surface area contributed by atoms with E-state index in [2.05, 4.69) is 0 Å². The van der Waals surface area contributed by atoms with Crippen LogP contribution in [0.1, 0.15) is 31.2 Å². The highest BCUT2D eigenvalue weighted by molar-refractivity contribution is 7.91. The maximum atomic E-state index is 13.2. The summed E-state index contributed by atoms with van der Waals surface area (Å²) in [4.78, 5) is 0.276. The third-order valence-corrected chi connectivity index (χ3v) is 8.93. The zero-order valence-corrected chi connectivity index (χ0v) is 15.7. The van der Waals surface area contributed by atoms with Crippen LogP contribution >= 0.6 is 0 Å². The molecule has 2 atom stereocenters. The average Bonchev–Trinajstić information content (AvgIpc) is 2.77. The molecule has 2 heterocycles. The van der Waals surface area contributed by atoms with Crippen molar-refractivity contribution in [1.29, 1.82) is 0 Å². The summed E-state index contributed by atoms with van der Waals surface area (Å²) in [5.74, 6) is 0.616. The number of hydrogen-bond donors (Lipinski definition) is 0. The summed E-state index contributed by atoms with van der Waals surface area (Å²) < 4.78 is 56.8. The molecule has 2 saturated heterocycles. The van der Waals surface area contributed by atoms with E-state index in [4.69, 9.17) is 4.74 Å². The number of aryl methyl sites for hydroxylation is 1. The van der Waals surface area contributed by atoms with E-state index in [1.54, 1.807) is 36.5 Å². The summed E-state index contributed by atoms with van der Waals surface area (Å²) in [6.45, 7) is 1.75.